The fourth-order valence-electron chi connectivity index (χ4n) is 1.97. The van der Waals surface area contributed by atoms with Crippen LogP contribution in [-0.4, -0.2) is 53.2 Å². The summed E-state index contributed by atoms with van der Waals surface area (Å²) >= 11 is 0. The summed E-state index contributed by atoms with van der Waals surface area (Å²) in [6, 6.07) is -1.28. The Hall–Kier alpha value is -1.14. The van der Waals surface area contributed by atoms with E-state index in [2.05, 4.69) is 4.74 Å². The van der Waals surface area contributed by atoms with Gasteiger partial charge in [-0.05, 0) is 13.3 Å². The van der Waals surface area contributed by atoms with Gasteiger partial charge >= 0.3 is 5.97 Å². The van der Waals surface area contributed by atoms with E-state index in [4.69, 9.17) is 5.73 Å². The zero-order valence-corrected chi connectivity index (χ0v) is 10.3. The van der Waals surface area contributed by atoms with Gasteiger partial charge in [0.05, 0.1) is 25.3 Å². The van der Waals surface area contributed by atoms with Crippen molar-refractivity contribution in [2.45, 2.75) is 38.3 Å². The fraction of sp³-hybridized carbons (Fsp3) is 0.818. The van der Waals surface area contributed by atoms with Crippen LogP contribution in [-0.2, 0) is 14.3 Å². The Bertz CT molecular complexity index is 300. The van der Waals surface area contributed by atoms with Crippen LogP contribution in [0.4, 0.5) is 0 Å². The molecule has 1 saturated heterocycles. The summed E-state index contributed by atoms with van der Waals surface area (Å²) < 4.78 is 4.67. The van der Waals surface area contributed by atoms with Crippen molar-refractivity contribution in [3.8, 4) is 0 Å². The van der Waals surface area contributed by atoms with Gasteiger partial charge in [0.1, 0.15) is 0 Å². The number of aliphatic hydroxyl groups is 1. The predicted molar refractivity (Wildman–Crippen MR) is 61.0 cm³/mol. The molecule has 1 amide bonds. The molecular formula is C11H20N2O4. The third-order valence-electron chi connectivity index (χ3n) is 2.80. The molecule has 0 radical (unpaired) electrons. The van der Waals surface area contributed by atoms with Gasteiger partial charge in [-0.25, -0.2) is 4.79 Å². The molecule has 1 unspecified atom stereocenters. The summed E-state index contributed by atoms with van der Waals surface area (Å²) in [4.78, 5) is 24.4. The maximum Gasteiger partial charge on any atom is 0.332 e. The van der Waals surface area contributed by atoms with Crippen LogP contribution >= 0.6 is 0 Å². The number of esters is 1. The largest absolute Gasteiger partial charge is 0.464 e. The monoisotopic (exact) mass is 244 g/mol. The molecule has 0 spiro atoms. The second-order valence-corrected chi connectivity index (χ2v) is 4.40. The van der Waals surface area contributed by atoms with Crippen molar-refractivity contribution in [1.82, 2.24) is 4.90 Å². The first kappa shape index (κ1) is 13.9. The molecule has 0 aromatic heterocycles. The van der Waals surface area contributed by atoms with Crippen molar-refractivity contribution >= 4 is 11.9 Å². The standard InChI is InChI=1S/C11H20N2O4/c1-3-5-11(16)6-13(7-11)9(14)8(12)10(15)17-4-2/h8,16H,3-7,12H2,1-2H3. The number of likely N-dealkylation sites (tertiary alicyclic amines) is 1. The third kappa shape index (κ3) is 3.17. The molecule has 1 aliphatic rings. The second kappa shape index (κ2) is 5.46. The third-order valence-corrected chi connectivity index (χ3v) is 2.80. The van der Waals surface area contributed by atoms with Crippen molar-refractivity contribution in [2.24, 2.45) is 5.73 Å². The molecule has 98 valence electrons. The summed E-state index contributed by atoms with van der Waals surface area (Å²) in [5, 5.41) is 9.90. The van der Waals surface area contributed by atoms with Gasteiger partial charge in [-0.1, -0.05) is 13.3 Å². The van der Waals surface area contributed by atoms with E-state index in [-0.39, 0.29) is 19.7 Å². The molecule has 1 aliphatic heterocycles. The van der Waals surface area contributed by atoms with Gasteiger partial charge in [0, 0.05) is 0 Å². The fourth-order valence-corrected chi connectivity index (χ4v) is 1.97. The lowest BCUT2D eigenvalue weighted by atomic mass is 9.89. The molecule has 0 bridgehead atoms. The first-order valence-corrected chi connectivity index (χ1v) is 5.87. The molecule has 0 aromatic rings. The second-order valence-electron chi connectivity index (χ2n) is 4.40. The lowest BCUT2D eigenvalue weighted by molar-refractivity contribution is -0.164. The van der Waals surface area contributed by atoms with Gasteiger partial charge in [0.15, 0.2) is 6.04 Å². The molecule has 1 heterocycles. The van der Waals surface area contributed by atoms with Crippen LogP contribution in [0.2, 0.25) is 0 Å². The molecule has 0 aromatic carbocycles. The molecule has 1 rings (SSSR count). The number of nitrogens with zero attached hydrogens (tertiary/aromatic N) is 1. The van der Waals surface area contributed by atoms with Crippen LogP contribution in [0.1, 0.15) is 26.7 Å². The molecule has 17 heavy (non-hydrogen) atoms. The number of ether oxygens (including phenoxy) is 1. The van der Waals surface area contributed by atoms with Gasteiger partial charge in [0.2, 0.25) is 0 Å². The summed E-state index contributed by atoms with van der Waals surface area (Å²) in [6.45, 7) is 4.30. The van der Waals surface area contributed by atoms with E-state index in [1.807, 2.05) is 6.92 Å². The molecule has 1 fully saturated rings. The Balaban J connectivity index is 2.44. The number of β-amino-alcohol motifs (C(OH)–C–C–N with tert-alkyl or cyclic N) is 1. The molecule has 0 saturated carbocycles. The zero-order valence-electron chi connectivity index (χ0n) is 10.3. The van der Waals surface area contributed by atoms with Gasteiger partial charge < -0.3 is 20.5 Å². The number of hydrogen-bond acceptors (Lipinski definition) is 5. The predicted octanol–water partition coefficient (Wildman–Crippen LogP) is -0.750. The first-order valence-electron chi connectivity index (χ1n) is 5.87. The number of amides is 1. The summed E-state index contributed by atoms with van der Waals surface area (Å²) in [5.41, 5.74) is 4.67. The lowest BCUT2D eigenvalue weighted by Gasteiger charge is -2.47. The smallest absolute Gasteiger partial charge is 0.332 e. The van der Waals surface area contributed by atoms with Crippen LogP contribution in [0.25, 0.3) is 0 Å². The summed E-state index contributed by atoms with van der Waals surface area (Å²) in [5.74, 6) is -1.20. The molecule has 6 nitrogen and oxygen atoms in total. The van der Waals surface area contributed by atoms with Crippen LogP contribution < -0.4 is 5.73 Å². The number of carbonyl (C=O) groups is 2. The minimum atomic E-state index is -1.28. The Kier molecular flexibility index (Phi) is 4.47. The first-order chi connectivity index (χ1) is 7.93. The van der Waals surface area contributed by atoms with E-state index in [1.54, 1.807) is 6.92 Å². The average molecular weight is 244 g/mol. The minimum Gasteiger partial charge on any atom is -0.464 e. The van der Waals surface area contributed by atoms with Gasteiger partial charge in [0.25, 0.3) is 5.91 Å². The summed E-state index contributed by atoms with van der Waals surface area (Å²) in [7, 11) is 0. The highest BCUT2D eigenvalue weighted by molar-refractivity contribution is 6.02. The van der Waals surface area contributed by atoms with Crippen LogP contribution in [0, 0.1) is 0 Å². The minimum absolute atomic E-state index is 0.194. The van der Waals surface area contributed by atoms with Crippen molar-refractivity contribution in [2.75, 3.05) is 19.7 Å². The van der Waals surface area contributed by atoms with Crippen LogP contribution in [0.3, 0.4) is 0 Å². The van der Waals surface area contributed by atoms with E-state index in [1.165, 1.54) is 4.90 Å². The number of carbonyl (C=O) groups excluding carboxylic acids is 2. The number of hydrogen-bond donors (Lipinski definition) is 2. The molecule has 6 heteroatoms. The molecular weight excluding hydrogens is 224 g/mol. The van der Waals surface area contributed by atoms with E-state index in [0.717, 1.165) is 6.42 Å². The van der Waals surface area contributed by atoms with E-state index >= 15 is 0 Å². The Morgan fingerprint density at radius 1 is 1.47 bits per heavy atom. The Morgan fingerprint density at radius 2 is 2.06 bits per heavy atom. The maximum atomic E-state index is 11.7. The Morgan fingerprint density at radius 3 is 2.53 bits per heavy atom. The van der Waals surface area contributed by atoms with Crippen molar-refractivity contribution in [3.63, 3.8) is 0 Å². The van der Waals surface area contributed by atoms with Crippen molar-refractivity contribution in [1.29, 1.82) is 0 Å². The molecule has 0 aliphatic carbocycles. The zero-order chi connectivity index (χ0) is 13.1. The maximum absolute atomic E-state index is 11.7. The quantitative estimate of drug-likeness (QED) is 0.490. The van der Waals surface area contributed by atoms with Crippen molar-refractivity contribution < 1.29 is 19.4 Å². The average Bonchev–Trinajstić information content (AvgIpc) is 2.24. The van der Waals surface area contributed by atoms with Gasteiger partial charge in [-0.3, -0.25) is 4.79 Å². The molecule has 1 atom stereocenters. The highest BCUT2D eigenvalue weighted by atomic mass is 16.5. The number of nitrogens with two attached hydrogens (primary N) is 1. The van der Waals surface area contributed by atoms with Crippen molar-refractivity contribution in [3.05, 3.63) is 0 Å². The number of rotatable bonds is 5. The summed E-state index contributed by atoms with van der Waals surface area (Å²) in [6.07, 6.45) is 1.49. The SMILES string of the molecule is CCCC1(O)CN(C(=O)C(N)C(=O)OCC)C1. The van der Waals surface area contributed by atoms with Gasteiger partial charge in [-0.15, -0.1) is 0 Å². The van der Waals surface area contributed by atoms with E-state index in [9.17, 15) is 14.7 Å². The van der Waals surface area contributed by atoms with Crippen LogP contribution in [0.15, 0.2) is 0 Å². The highest BCUT2D eigenvalue weighted by Crippen LogP contribution is 2.26. The Labute approximate surface area is 101 Å². The lowest BCUT2D eigenvalue weighted by Crippen LogP contribution is -2.66. The topological polar surface area (TPSA) is 92.9 Å². The van der Waals surface area contributed by atoms with E-state index < -0.39 is 23.5 Å². The normalized spacial score (nSPS) is 19.4. The van der Waals surface area contributed by atoms with Crippen LogP contribution in [0.5, 0.6) is 0 Å². The van der Waals surface area contributed by atoms with Gasteiger partial charge in [-0.2, -0.15) is 0 Å². The molecule has 3 N–H and O–H groups in total. The highest BCUT2D eigenvalue weighted by Gasteiger charge is 2.45. The van der Waals surface area contributed by atoms with E-state index in [0.29, 0.717) is 6.42 Å².